The number of carbonyl (C=O) groups excluding carboxylic acids is 4. The number of unbranched alkanes of at least 4 members (excludes halogenated alkanes) is 1. The maximum absolute atomic E-state index is 11.2. The summed E-state index contributed by atoms with van der Waals surface area (Å²) in [4.78, 5) is 49.1. The summed E-state index contributed by atoms with van der Waals surface area (Å²) in [6.45, 7) is 24.3. The first-order chi connectivity index (χ1) is 33.2. The molecule has 2 amide bonds. The Morgan fingerprint density at radius 1 is 0.886 bits per heavy atom. The van der Waals surface area contributed by atoms with Crippen LogP contribution in [-0.4, -0.2) is 127 Å². The van der Waals surface area contributed by atoms with Crippen LogP contribution in [0.15, 0.2) is 54.9 Å². The fraction of sp³-hybridized carbons (Fsp3) is 0.600. The normalized spacial score (nSPS) is 20.0. The Bertz CT molecular complexity index is 2180. The zero-order valence-electron chi connectivity index (χ0n) is 46.2. The van der Waals surface area contributed by atoms with Gasteiger partial charge in [-0.05, 0) is 93.8 Å². The average molecular weight is 993 g/mol. The predicted molar refractivity (Wildman–Crippen MR) is 296 cm³/mol. The molecule has 0 radical (unpaired) electrons. The van der Waals surface area contributed by atoms with Gasteiger partial charge >= 0.3 is 6.09 Å². The highest BCUT2D eigenvalue weighted by Crippen LogP contribution is 2.49. The van der Waals surface area contributed by atoms with Crippen LogP contribution < -0.4 is 26.0 Å². The molecule has 5 atom stereocenters. The van der Waals surface area contributed by atoms with Crippen LogP contribution >= 0.6 is 10.0 Å². The van der Waals surface area contributed by atoms with Crippen molar-refractivity contribution < 1.29 is 28.7 Å². The number of ether oxygens (including phenoxy) is 2. The third-order valence-corrected chi connectivity index (χ3v) is 14.4. The number of Topliss-reactive ketones (excluding diaryl/α,β-unsaturated/α-hetero) is 1. The van der Waals surface area contributed by atoms with Gasteiger partial charge in [0.25, 0.3) is 0 Å². The molecule has 0 bridgehead atoms. The smallest absolute Gasteiger partial charge is 0.407 e. The van der Waals surface area contributed by atoms with E-state index in [-0.39, 0.29) is 36.4 Å². The molecule has 4 aliphatic heterocycles. The van der Waals surface area contributed by atoms with Crippen molar-refractivity contribution in [3.05, 3.63) is 66.0 Å². The summed E-state index contributed by atoms with van der Waals surface area (Å²) >= 11 is 0. The molecule has 4 aliphatic rings. The van der Waals surface area contributed by atoms with E-state index in [4.69, 9.17) is 4.74 Å². The molecular formula is C55H92N8O6S. The van der Waals surface area contributed by atoms with Gasteiger partial charge in [0.15, 0.2) is 12.0 Å². The van der Waals surface area contributed by atoms with Crippen molar-refractivity contribution >= 4 is 56.4 Å². The summed E-state index contributed by atoms with van der Waals surface area (Å²) < 4.78 is 13.0. The second-order valence-corrected chi connectivity index (χ2v) is 23.1. The zero-order chi connectivity index (χ0) is 52.9. The predicted octanol–water partition coefficient (Wildman–Crippen LogP) is 10.6. The lowest BCUT2D eigenvalue weighted by Crippen LogP contribution is -2.50. The Hall–Kier alpha value is -5.15. The summed E-state index contributed by atoms with van der Waals surface area (Å²) in [5.74, 6) is 3.59. The maximum atomic E-state index is 11.2. The van der Waals surface area contributed by atoms with Gasteiger partial charge in [0.1, 0.15) is 18.2 Å². The molecule has 1 saturated heterocycles. The molecule has 0 aliphatic carbocycles. The average Bonchev–Trinajstić information content (AvgIpc) is 4.09. The number of fused-ring (bicyclic) bond motifs is 5. The minimum atomic E-state index is -0.586. The van der Waals surface area contributed by atoms with E-state index in [0.29, 0.717) is 31.1 Å². The van der Waals surface area contributed by atoms with Crippen LogP contribution in [0.4, 0.5) is 4.79 Å². The summed E-state index contributed by atoms with van der Waals surface area (Å²) in [6, 6.07) is 16.0. The van der Waals surface area contributed by atoms with Crippen LogP contribution in [0.5, 0.6) is 5.75 Å². The number of carbonyl (C=O) groups is 4. The first kappa shape index (κ1) is 61.0. The molecule has 394 valence electrons. The SMILES string of the molecule is CC.CCC.CCC1NC(c2ccc3c(c2)cc2n3C(C)Oc3cc(C4=CN(C)C(C5CS(C)(C)CN5C)N4)ccc3-2)=CN1C.CCCC.CCCC(=O)NC(C(C)=O)C(C)C.COC(=O)NCC=O. The van der Waals surface area contributed by atoms with Crippen LogP contribution in [-0.2, 0) is 19.1 Å². The second-order valence-electron chi connectivity index (χ2n) is 19.0. The molecule has 0 saturated carbocycles. The van der Waals surface area contributed by atoms with Gasteiger partial charge in [0.2, 0.25) is 5.91 Å². The molecule has 5 heterocycles. The van der Waals surface area contributed by atoms with Gasteiger partial charge in [-0.25, -0.2) is 14.8 Å². The number of likely N-dealkylation sites (N-methyl/N-ethyl adjacent to an activating group) is 2. The molecule has 1 aromatic heterocycles. The first-order valence-corrected chi connectivity index (χ1v) is 28.3. The number of hydrogen-bond acceptors (Lipinski definition) is 11. The number of ketones is 1. The maximum Gasteiger partial charge on any atom is 0.407 e. The molecule has 1 fully saturated rings. The van der Waals surface area contributed by atoms with Crippen molar-refractivity contribution in [2.45, 2.75) is 152 Å². The van der Waals surface area contributed by atoms with Gasteiger partial charge in [-0.3, -0.25) is 14.5 Å². The van der Waals surface area contributed by atoms with E-state index in [9.17, 15) is 19.2 Å². The minimum absolute atomic E-state index is 0.00662. The Morgan fingerprint density at radius 3 is 2.00 bits per heavy atom. The van der Waals surface area contributed by atoms with Crippen LogP contribution in [0.3, 0.4) is 0 Å². The van der Waals surface area contributed by atoms with E-state index in [1.165, 1.54) is 84.0 Å². The summed E-state index contributed by atoms with van der Waals surface area (Å²) in [7, 11) is 7.29. The number of aromatic nitrogens is 1. The van der Waals surface area contributed by atoms with Crippen LogP contribution in [0.2, 0.25) is 0 Å². The molecule has 5 unspecified atom stereocenters. The van der Waals surface area contributed by atoms with Crippen LogP contribution in [0, 0.1) is 5.92 Å². The fourth-order valence-electron chi connectivity index (χ4n) is 8.54. The number of hydrogen-bond donors (Lipinski definition) is 4. The fourth-order valence-corrected chi connectivity index (χ4v) is 11.3. The van der Waals surface area contributed by atoms with E-state index in [1.807, 2.05) is 34.6 Å². The van der Waals surface area contributed by atoms with Gasteiger partial charge in [0.05, 0.1) is 54.5 Å². The van der Waals surface area contributed by atoms with Crippen molar-refractivity contribution in [3.8, 4) is 17.0 Å². The molecule has 7 rings (SSSR count). The van der Waals surface area contributed by atoms with Crippen molar-refractivity contribution in [2.75, 3.05) is 58.9 Å². The van der Waals surface area contributed by atoms with Crippen molar-refractivity contribution in [3.63, 3.8) is 0 Å². The van der Waals surface area contributed by atoms with E-state index in [2.05, 4.69) is 175 Å². The molecule has 3 aromatic rings. The number of rotatable bonds is 12. The Kier molecular flexibility index (Phi) is 26.0. The molecule has 14 nitrogen and oxygen atoms in total. The van der Waals surface area contributed by atoms with E-state index in [1.54, 1.807) is 0 Å². The monoisotopic (exact) mass is 993 g/mol. The molecule has 15 heteroatoms. The number of alkyl carbamates (subject to hydrolysis) is 1. The van der Waals surface area contributed by atoms with Gasteiger partial charge in [-0.2, -0.15) is 0 Å². The van der Waals surface area contributed by atoms with E-state index < -0.39 is 16.1 Å². The molecular weight excluding hydrogens is 901 g/mol. The van der Waals surface area contributed by atoms with Crippen molar-refractivity contribution in [2.24, 2.45) is 5.92 Å². The quantitative estimate of drug-likeness (QED) is 0.129. The van der Waals surface area contributed by atoms with Crippen LogP contribution in [0.25, 0.3) is 33.6 Å². The summed E-state index contributed by atoms with van der Waals surface area (Å²) in [6.07, 6.45) is 16.2. The Labute approximate surface area is 424 Å². The van der Waals surface area contributed by atoms with E-state index in [0.717, 1.165) is 24.2 Å². The lowest BCUT2D eigenvalue weighted by atomic mass is 10.0. The Balaban J connectivity index is 0.000000461. The zero-order valence-corrected chi connectivity index (χ0v) is 47.1. The highest BCUT2D eigenvalue weighted by atomic mass is 32.3. The lowest BCUT2D eigenvalue weighted by Gasteiger charge is -2.32. The topological polar surface area (TPSA) is 150 Å². The number of aldehydes is 1. The second kappa shape index (κ2) is 29.9. The number of benzene rings is 2. The first-order valence-electron chi connectivity index (χ1n) is 25.6. The van der Waals surface area contributed by atoms with Gasteiger partial charge < -0.3 is 49.9 Å². The highest BCUT2D eigenvalue weighted by molar-refractivity contribution is 8.32. The standard InChI is InChI=1S/C32H42N6OS.C10H19NO2.C4H7NO3.C4H10.C3H8.C2H6/c1-8-31-33-25(16-35(31)3)21-10-12-27-23(13-21)14-28-24-11-9-22(15-30(24)39-20(2)38(27)28)26-17-36(4)32(34-26)29-18-40(6,7)19-37(29)5;1-5-6-9(13)11-10(7(2)3)8(4)12;1-8-4(7)5-2-3-6;1-3-4-2;1-3-2;1-2/h9-17,20,29,31-34H,8,18-19H2,1-7H3;7,10H,5-6H2,1-4H3,(H,11,13);3H,2H2,1H3,(H,5,7);3-4H2,1-2H3;3H2,1-2H3;1-2H3. The van der Waals surface area contributed by atoms with Crippen molar-refractivity contribution in [1.29, 1.82) is 0 Å². The minimum Gasteiger partial charge on any atom is -0.470 e. The number of nitrogens with one attached hydrogen (secondary N) is 4. The van der Waals surface area contributed by atoms with Gasteiger partial charge in [-0.15, -0.1) is 0 Å². The largest absolute Gasteiger partial charge is 0.470 e. The number of nitrogens with zero attached hydrogens (tertiary/aromatic N) is 4. The molecule has 4 N–H and O–H groups in total. The van der Waals surface area contributed by atoms with Gasteiger partial charge in [0, 0.05) is 55.3 Å². The van der Waals surface area contributed by atoms with E-state index >= 15 is 0 Å². The molecule has 2 aromatic carbocycles. The molecule has 70 heavy (non-hydrogen) atoms. The third-order valence-electron chi connectivity index (χ3n) is 12.0. The van der Waals surface area contributed by atoms with Crippen LogP contribution in [0.1, 0.15) is 139 Å². The number of methoxy groups -OCH3 is 1. The lowest BCUT2D eigenvalue weighted by molar-refractivity contribution is -0.127. The van der Waals surface area contributed by atoms with Gasteiger partial charge in [-0.1, -0.05) is 101 Å². The van der Waals surface area contributed by atoms with Crippen molar-refractivity contribution in [1.82, 2.24) is 40.5 Å². The Morgan fingerprint density at radius 2 is 1.49 bits per heavy atom. The highest BCUT2D eigenvalue weighted by Gasteiger charge is 2.40. The molecule has 0 spiro atoms. The third kappa shape index (κ3) is 17.0. The number of amides is 2. The summed E-state index contributed by atoms with van der Waals surface area (Å²) in [5.41, 5.74) is 8.31. The summed E-state index contributed by atoms with van der Waals surface area (Å²) in [5, 5.41) is 13.6.